The van der Waals surface area contributed by atoms with Crippen molar-refractivity contribution < 1.29 is 0 Å². The summed E-state index contributed by atoms with van der Waals surface area (Å²) in [6.07, 6.45) is 0. The second kappa shape index (κ2) is 8.62. The SMILES string of the molecule is Clc1ccc2nc(-c3ccccc3)c3c4ccc(-c5cc6ccccc6c6ccccc56)nc4ccc3c2c1. The summed E-state index contributed by atoms with van der Waals surface area (Å²) in [5.41, 5.74) is 6.00. The molecule has 0 atom stereocenters. The normalized spacial score (nSPS) is 11.7. The van der Waals surface area contributed by atoms with Gasteiger partial charge in [-0.3, -0.25) is 0 Å². The maximum absolute atomic E-state index is 6.43. The molecule has 0 unspecified atom stereocenters. The van der Waals surface area contributed by atoms with E-state index in [1.807, 2.05) is 24.3 Å². The predicted molar refractivity (Wildman–Crippen MR) is 165 cm³/mol. The molecule has 0 aliphatic carbocycles. The van der Waals surface area contributed by atoms with E-state index >= 15 is 0 Å². The Balaban J connectivity index is 1.45. The van der Waals surface area contributed by atoms with Crippen LogP contribution in [-0.4, -0.2) is 9.97 Å². The first-order valence-corrected chi connectivity index (χ1v) is 13.4. The van der Waals surface area contributed by atoms with Crippen LogP contribution in [0, 0.1) is 0 Å². The van der Waals surface area contributed by atoms with Gasteiger partial charge in [-0.1, -0.05) is 96.5 Å². The summed E-state index contributed by atoms with van der Waals surface area (Å²) in [5, 5.41) is 9.96. The highest BCUT2D eigenvalue weighted by Crippen LogP contribution is 2.39. The third kappa shape index (κ3) is 3.49. The van der Waals surface area contributed by atoms with Gasteiger partial charge in [0.15, 0.2) is 0 Å². The van der Waals surface area contributed by atoms with Gasteiger partial charge in [0.25, 0.3) is 0 Å². The van der Waals surface area contributed by atoms with Crippen LogP contribution in [0.3, 0.4) is 0 Å². The minimum atomic E-state index is 0.704. The van der Waals surface area contributed by atoms with Crippen molar-refractivity contribution in [1.29, 1.82) is 0 Å². The van der Waals surface area contributed by atoms with Crippen LogP contribution in [-0.2, 0) is 0 Å². The van der Waals surface area contributed by atoms with Crippen LogP contribution in [0.4, 0.5) is 0 Å². The van der Waals surface area contributed by atoms with Crippen LogP contribution in [0.25, 0.3) is 76.6 Å². The second-order valence-corrected chi connectivity index (χ2v) is 10.4. The summed E-state index contributed by atoms with van der Waals surface area (Å²) < 4.78 is 0. The molecule has 6 aromatic carbocycles. The van der Waals surface area contributed by atoms with Crippen molar-refractivity contribution in [2.45, 2.75) is 0 Å². The number of pyridine rings is 2. The number of benzene rings is 6. The molecule has 8 rings (SSSR count). The smallest absolute Gasteiger partial charge is 0.0794 e. The molecule has 2 heterocycles. The van der Waals surface area contributed by atoms with Crippen LogP contribution in [0.2, 0.25) is 5.02 Å². The quantitative estimate of drug-likeness (QED) is 0.213. The van der Waals surface area contributed by atoms with Crippen LogP contribution >= 0.6 is 11.6 Å². The zero-order chi connectivity index (χ0) is 25.9. The molecule has 2 nitrogen and oxygen atoms in total. The molecule has 2 aromatic heterocycles. The highest BCUT2D eigenvalue weighted by atomic mass is 35.5. The van der Waals surface area contributed by atoms with Crippen molar-refractivity contribution in [3.63, 3.8) is 0 Å². The zero-order valence-corrected chi connectivity index (χ0v) is 21.7. The number of halogens is 1. The van der Waals surface area contributed by atoms with E-state index in [1.54, 1.807) is 0 Å². The molecule has 39 heavy (non-hydrogen) atoms. The first-order valence-electron chi connectivity index (χ1n) is 13.0. The average molecular weight is 517 g/mol. The van der Waals surface area contributed by atoms with E-state index in [0.717, 1.165) is 55.1 Å². The molecule has 0 aliphatic rings. The Hall–Kier alpha value is -4.79. The van der Waals surface area contributed by atoms with Gasteiger partial charge < -0.3 is 0 Å². The molecule has 3 heteroatoms. The largest absolute Gasteiger partial charge is 0.248 e. The molecule has 0 radical (unpaired) electrons. The van der Waals surface area contributed by atoms with E-state index in [-0.39, 0.29) is 0 Å². The van der Waals surface area contributed by atoms with Gasteiger partial charge in [-0.05, 0) is 69.4 Å². The van der Waals surface area contributed by atoms with E-state index < -0.39 is 0 Å². The summed E-state index contributed by atoms with van der Waals surface area (Å²) in [4.78, 5) is 10.4. The number of fused-ring (bicyclic) bond motifs is 8. The van der Waals surface area contributed by atoms with Gasteiger partial charge >= 0.3 is 0 Å². The molecule has 8 aromatic rings. The molecule has 0 bridgehead atoms. The van der Waals surface area contributed by atoms with Gasteiger partial charge in [-0.2, -0.15) is 0 Å². The Labute approximate surface area is 230 Å². The fourth-order valence-corrected chi connectivity index (χ4v) is 6.07. The Morgan fingerprint density at radius 3 is 2.03 bits per heavy atom. The Kier molecular flexibility index (Phi) is 4.91. The van der Waals surface area contributed by atoms with Crippen molar-refractivity contribution in [2.75, 3.05) is 0 Å². The molecular weight excluding hydrogens is 496 g/mol. The topological polar surface area (TPSA) is 25.8 Å². The maximum atomic E-state index is 6.43. The number of aromatic nitrogens is 2. The van der Waals surface area contributed by atoms with Gasteiger partial charge in [-0.25, -0.2) is 9.97 Å². The van der Waals surface area contributed by atoms with Gasteiger partial charge in [0.1, 0.15) is 0 Å². The van der Waals surface area contributed by atoms with E-state index in [4.69, 9.17) is 21.6 Å². The standard InChI is InChI=1S/C36H21ClN2/c37-24-14-17-34-31(21-24)28-15-18-32-29(35(28)36(39-34)22-8-2-1-3-9-22)16-19-33(38-32)30-20-23-10-4-5-11-25(23)26-12-6-7-13-27(26)30/h1-21H. The molecule has 0 spiro atoms. The molecule has 0 aliphatic heterocycles. The Bertz CT molecular complexity index is 2240. The summed E-state index contributed by atoms with van der Waals surface area (Å²) in [6, 6.07) is 44.4. The minimum absolute atomic E-state index is 0.704. The highest BCUT2D eigenvalue weighted by molar-refractivity contribution is 6.32. The van der Waals surface area contributed by atoms with Gasteiger partial charge in [-0.15, -0.1) is 0 Å². The van der Waals surface area contributed by atoms with Crippen molar-refractivity contribution in [1.82, 2.24) is 9.97 Å². The van der Waals surface area contributed by atoms with Crippen LogP contribution in [0.5, 0.6) is 0 Å². The highest BCUT2D eigenvalue weighted by Gasteiger charge is 2.16. The van der Waals surface area contributed by atoms with E-state index in [9.17, 15) is 0 Å². The van der Waals surface area contributed by atoms with Crippen molar-refractivity contribution in [3.8, 4) is 22.5 Å². The van der Waals surface area contributed by atoms with Crippen LogP contribution in [0.1, 0.15) is 0 Å². The Morgan fingerprint density at radius 2 is 1.15 bits per heavy atom. The molecule has 0 saturated carbocycles. The first kappa shape index (κ1) is 22.2. The lowest BCUT2D eigenvalue weighted by Crippen LogP contribution is -1.93. The summed E-state index contributed by atoms with van der Waals surface area (Å²) in [6.45, 7) is 0. The van der Waals surface area contributed by atoms with Gasteiger partial charge in [0, 0.05) is 32.3 Å². The third-order valence-corrected chi connectivity index (χ3v) is 7.92. The van der Waals surface area contributed by atoms with E-state index in [1.165, 1.54) is 21.5 Å². The Morgan fingerprint density at radius 1 is 0.462 bits per heavy atom. The second-order valence-electron chi connectivity index (χ2n) is 9.93. The predicted octanol–water partition coefficient (Wildman–Crippen LogP) is 10.2. The van der Waals surface area contributed by atoms with Gasteiger partial charge in [0.05, 0.1) is 22.4 Å². The van der Waals surface area contributed by atoms with Crippen LogP contribution < -0.4 is 0 Å². The fraction of sp³-hybridized carbons (Fsp3) is 0. The van der Waals surface area contributed by atoms with Crippen molar-refractivity contribution in [3.05, 3.63) is 132 Å². The molecule has 182 valence electrons. The lowest BCUT2D eigenvalue weighted by molar-refractivity contribution is 1.41. The van der Waals surface area contributed by atoms with E-state index in [0.29, 0.717) is 5.02 Å². The van der Waals surface area contributed by atoms with E-state index in [2.05, 4.69) is 103 Å². The molecule has 0 N–H and O–H groups in total. The van der Waals surface area contributed by atoms with Gasteiger partial charge in [0.2, 0.25) is 0 Å². The molecule has 0 fully saturated rings. The first-order chi connectivity index (χ1) is 19.2. The number of hydrogen-bond donors (Lipinski definition) is 0. The number of nitrogens with zero attached hydrogens (tertiary/aromatic N) is 2. The zero-order valence-electron chi connectivity index (χ0n) is 20.9. The van der Waals surface area contributed by atoms with Crippen LogP contribution in [0.15, 0.2) is 127 Å². The third-order valence-electron chi connectivity index (χ3n) is 7.68. The summed E-state index contributed by atoms with van der Waals surface area (Å²) in [5.74, 6) is 0. The summed E-state index contributed by atoms with van der Waals surface area (Å²) in [7, 11) is 0. The average Bonchev–Trinajstić information content (AvgIpc) is 3.00. The number of hydrogen-bond acceptors (Lipinski definition) is 2. The number of rotatable bonds is 2. The molecular formula is C36H21ClN2. The fourth-order valence-electron chi connectivity index (χ4n) is 5.90. The monoisotopic (exact) mass is 516 g/mol. The molecule has 0 saturated heterocycles. The molecule has 0 amide bonds. The lowest BCUT2D eigenvalue weighted by Gasteiger charge is -2.14. The summed E-state index contributed by atoms with van der Waals surface area (Å²) >= 11 is 6.43. The maximum Gasteiger partial charge on any atom is 0.0794 e. The lowest BCUT2D eigenvalue weighted by atomic mass is 9.94. The van der Waals surface area contributed by atoms with Crippen molar-refractivity contribution >= 4 is 65.7 Å². The minimum Gasteiger partial charge on any atom is -0.248 e. The van der Waals surface area contributed by atoms with Crippen molar-refractivity contribution in [2.24, 2.45) is 0 Å².